The molecule has 0 radical (unpaired) electrons. The van der Waals surface area contributed by atoms with Crippen LogP contribution in [0.25, 0.3) is 0 Å². The molecule has 0 bridgehead atoms. The summed E-state index contributed by atoms with van der Waals surface area (Å²) in [6.07, 6.45) is 1.79. The van der Waals surface area contributed by atoms with E-state index < -0.39 is 24.1 Å². The van der Waals surface area contributed by atoms with E-state index in [2.05, 4.69) is 5.32 Å². The second kappa shape index (κ2) is 9.08. The molecular weight excluding hydrogens is 398 g/mol. The molecule has 168 valence electrons. The van der Waals surface area contributed by atoms with Crippen LogP contribution in [0.1, 0.15) is 63.7 Å². The van der Waals surface area contributed by atoms with Crippen LogP contribution in [0.3, 0.4) is 0 Å². The van der Waals surface area contributed by atoms with Crippen molar-refractivity contribution in [3.05, 3.63) is 29.8 Å². The summed E-state index contributed by atoms with van der Waals surface area (Å²) in [6.45, 7) is 7.65. The van der Waals surface area contributed by atoms with E-state index in [-0.39, 0.29) is 43.2 Å². The van der Waals surface area contributed by atoms with Crippen molar-refractivity contribution in [2.75, 3.05) is 18.1 Å². The maximum atomic E-state index is 13.4. The van der Waals surface area contributed by atoms with Crippen LogP contribution in [0.2, 0.25) is 0 Å². The maximum Gasteiger partial charge on any atom is 0.354 e. The molecule has 1 aromatic rings. The molecule has 1 atom stereocenters. The molecule has 2 aliphatic heterocycles. The Morgan fingerprint density at radius 3 is 2.48 bits per heavy atom. The van der Waals surface area contributed by atoms with Crippen molar-refractivity contribution in [3.8, 4) is 0 Å². The summed E-state index contributed by atoms with van der Waals surface area (Å²) < 4.78 is 5.42. The number of nitrogens with one attached hydrogen (secondary N) is 1. The second-order valence-electron chi connectivity index (χ2n) is 8.53. The Labute approximate surface area is 182 Å². The van der Waals surface area contributed by atoms with Gasteiger partial charge in [-0.15, -0.1) is 0 Å². The number of nitrogens with zero attached hydrogens (tertiary/aromatic N) is 2. The van der Waals surface area contributed by atoms with Gasteiger partial charge in [0.25, 0.3) is 11.8 Å². The highest BCUT2D eigenvalue weighted by Crippen LogP contribution is 2.45. The number of carbonyl (C=O) groups excluding carboxylic acids is 4. The van der Waals surface area contributed by atoms with Gasteiger partial charge in [-0.1, -0.05) is 39.8 Å². The molecule has 3 amide bonds. The quantitative estimate of drug-likeness (QED) is 0.641. The van der Waals surface area contributed by atoms with E-state index in [0.717, 1.165) is 12.8 Å². The van der Waals surface area contributed by atoms with Crippen molar-refractivity contribution in [3.63, 3.8) is 0 Å². The molecule has 1 saturated heterocycles. The van der Waals surface area contributed by atoms with Gasteiger partial charge in [-0.2, -0.15) is 0 Å². The highest BCUT2D eigenvalue weighted by molar-refractivity contribution is 6.15. The van der Waals surface area contributed by atoms with E-state index in [4.69, 9.17) is 4.74 Å². The van der Waals surface area contributed by atoms with Gasteiger partial charge in [0.05, 0.1) is 11.3 Å². The molecule has 1 N–H and O–H groups in total. The van der Waals surface area contributed by atoms with E-state index in [1.807, 2.05) is 27.7 Å². The zero-order valence-corrected chi connectivity index (χ0v) is 18.6. The average molecular weight is 430 g/mol. The summed E-state index contributed by atoms with van der Waals surface area (Å²) in [5, 5.41) is 2.83. The minimum absolute atomic E-state index is 0.00879. The van der Waals surface area contributed by atoms with Gasteiger partial charge in [0, 0.05) is 25.4 Å². The number of esters is 1. The maximum absolute atomic E-state index is 13.4. The smallest absolute Gasteiger partial charge is 0.354 e. The topological polar surface area (TPSA) is 96.0 Å². The Bertz CT molecular complexity index is 880. The SMILES string of the molecule is CCC(CC)NC(=O)COC(=O)[C@@]12CCC(=O)N1c1ccccc1C(=O)N2CC(C)C. The number of para-hydroxylation sites is 1. The van der Waals surface area contributed by atoms with Crippen LogP contribution in [0.4, 0.5) is 5.69 Å². The fourth-order valence-electron chi connectivity index (χ4n) is 4.37. The molecule has 1 fully saturated rings. The minimum atomic E-state index is -1.57. The van der Waals surface area contributed by atoms with Gasteiger partial charge in [-0.3, -0.25) is 19.3 Å². The normalized spacial score (nSPS) is 20.2. The molecule has 0 aromatic heterocycles. The van der Waals surface area contributed by atoms with Crippen LogP contribution in [0.15, 0.2) is 24.3 Å². The zero-order valence-electron chi connectivity index (χ0n) is 18.6. The Kier molecular flexibility index (Phi) is 6.67. The number of ether oxygens (including phenoxy) is 1. The Morgan fingerprint density at radius 2 is 1.84 bits per heavy atom. The lowest BCUT2D eigenvalue weighted by Gasteiger charge is -2.48. The first-order chi connectivity index (χ1) is 14.8. The standard InChI is InChI=1S/C23H31N3O5/c1-5-16(6-2)24-19(27)14-31-22(30)23-12-11-20(28)26(23)18-10-8-7-9-17(18)21(29)25(23)13-15(3)4/h7-10,15-16H,5-6,11-14H2,1-4H3,(H,24,27)/t23-/m1/s1. The largest absolute Gasteiger partial charge is 0.452 e. The average Bonchev–Trinajstić information content (AvgIpc) is 3.11. The number of hydrogen-bond acceptors (Lipinski definition) is 5. The number of fused-ring (bicyclic) bond motifs is 3. The van der Waals surface area contributed by atoms with Crippen molar-refractivity contribution in [1.82, 2.24) is 10.2 Å². The van der Waals surface area contributed by atoms with Crippen LogP contribution in [-0.2, 0) is 19.1 Å². The van der Waals surface area contributed by atoms with Crippen LogP contribution in [0, 0.1) is 5.92 Å². The zero-order chi connectivity index (χ0) is 22.8. The van der Waals surface area contributed by atoms with Gasteiger partial charge in [0.15, 0.2) is 6.61 Å². The molecule has 3 rings (SSSR count). The third kappa shape index (κ3) is 4.03. The summed E-state index contributed by atoms with van der Waals surface area (Å²) >= 11 is 0. The molecule has 31 heavy (non-hydrogen) atoms. The fraction of sp³-hybridized carbons (Fsp3) is 0.565. The van der Waals surface area contributed by atoms with E-state index >= 15 is 0 Å². The fourth-order valence-corrected chi connectivity index (χ4v) is 4.37. The Morgan fingerprint density at radius 1 is 1.16 bits per heavy atom. The highest BCUT2D eigenvalue weighted by Gasteiger charge is 2.62. The van der Waals surface area contributed by atoms with E-state index in [9.17, 15) is 19.2 Å². The van der Waals surface area contributed by atoms with E-state index in [1.165, 1.54) is 9.80 Å². The minimum Gasteiger partial charge on any atom is -0.452 e. The van der Waals surface area contributed by atoms with Crippen molar-refractivity contribution < 1.29 is 23.9 Å². The molecule has 8 nitrogen and oxygen atoms in total. The van der Waals surface area contributed by atoms with Gasteiger partial charge >= 0.3 is 5.97 Å². The second-order valence-corrected chi connectivity index (χ2v) is 8.53. The number of anilines is 1. The number of amides is 3. The van der Waals surface area contributed by atoms with Crippen LogP contribution in [0.5, 0.6) is 0 Å². The van der Waals surface area contributed by atoms with Gasteiger partial charge in [0.1, 0.15) is 0 Å². The predicted octanol–water partition coefficient (Wildman–Crippen LogP) is 2.47. The Hall–Kier alpha value is -2.90. The third-order valence-corrected chi connectivity index (χ3v) is 5.93. The predicted molar refractivity (Wildman–Crippen MR) is 115 cm³/mol. The van der Waals surface area contributed by atoms with Gasteiger partial charge < -0.3 is 15.0 Å². The van der Waals surface area contributed by atoms with E-state index in [1.54, 1.807) is 24.3 Å². The molecule has 2 heterocycles. The first-order valence-electron chi connectivity index (χ1n) is 11.0. The summed E-state index contributed by atoms with van der Waals surface area (Å²) in [5.41, 5.74) is -0.774. The first-order valence-corrected chi connectivity index (χ1v) is 11.0. The summed E-state index contributed by atoms with van der Waals surface area (Å²) in [4.78, 5) is 54.8. The van der Waals surface area contributed by atoms with Crippen LogP contribution >= 0.6 is 0 Å². The molecule has 0 aliphatic carbocycles. The number of hydrogen-bond donors (Lipinski definition) is 1. The molecule has 0 unspecified atom stereocenters. The van der Waals surface area contributed by atoms with Crippen molar-refractivity contribution in [1.29, 1.82) is 0 Å². The highest BCUT2D eigenvalue weighted by atomic mass is 16.5. The van der Waals surface area contributed by atoms with Crippen LogP contribution < -0.4 is 10.2 Å². The lowest BCUT2D eigenvalue weighted by atomic mass is 9.95. The summed E-state index contributed by atoms with van der Waals surface area (Å²) in [7, 11) is 0. The van der Waals surface area contributed by atoms with Crippen LogP contribution in [-0.4, -0.2) is 53.4 Å². The molecule has 0 spiro atoms. The van der Waals surface area contributed by atoms with Crippen molar-refractivity contribution >= 4 is 29.4 Å². The first kappa shape index (κ1) is 22.8. The molecule has 8 heteroatoms. The molecule has 2 aliphatic rings. The molecular formula is C23H31N3O5. The van der Waals surface area contributed by atoms with Crippen molar-refractivity contribution in [2.45, 2.75) is 65.1 Å². The number of carbonyl (C=O) groups is 4. The lowest BCUT2D eigenvalue weighted by Crippen LogP contribution is -2.69. The monoisotopic (exact) mass is 429 g/mol. The van der Waals surface area contributed by atoms with Crippen molar-refractivity contribution in [2.24, 2.45) is 5.92 Å². The van der Waals surface area contributed by atoms with Gasteiger partial charge in [-0.25, -0.2) is 4.79 Å². The number of benzene rings is 1. The Balaban J connectivity index is 1.94. The summed E-state index contributed by atoms with van der Waals surface area (Å²) in [5.74, 6) is -1.63. The summed E-state index contributed by atoms with van der Waals surface area (Å²) in [6, 6.07) is 6.81. The molecule has 1 aromatic carbocycles. The van der Waals surface area contributed by atoms with Gasteiger partial charge in [0.2, 0.25) is 11.6 Å². The van der Waals surface area contributed by atoms with E-state index in [0.29, 0.717) is 11.3 Å². The lowest BCUT2D eigenvalue weighted by molar-refractivity contribution is -0.160. The molecule has 0 saturated carbocycles. The number of rotatable bonds is 8. The van der Waals surface area contributed by atoms with Gasteiger partial charge in [-0.05, 0) is 30.9 Å². The third-order valence-electron chi connectivity index (χ3n) is 5.93.